The van der Waals surface area contributed by atoms with E-state index in [0.29, 0.717) is 0 Å². The standard InChI is InChI=1S/C20H23BF6O7S/c21-9-12-1-3-13(4-2-12)10-33-16(28)14-5-7-15(8-6-14)17(29)34-18(19(22,23)24,20(25,26)27)11-35(30,31)32/h1-4,14-15H,5-11,21H2,(H,30,31,32). The van der Waals surface area contributed by atoms with Crippen LogP contribution in [0.3, 0.4) is 0 Å². The lowest BCUT2D eigenvalue weighted by Gasteiger charge is -2.37. The van der Waals surface area contributed by atoms with E-state index in [1.54, 1.807) is 12.1 Å². The van der Waals surface area contributed by atoms with Gasteiger partial charge < -0.3 is 9.47 Å². The molecule has 0 saturated heterocycles. The van der Waals surface area contributed by atoms with Gasteiger partial charge in [-0.05, 0) is 31.2 Å². The second-order valence-electron chi connectivity index (χ2n) is 8.30. The summed E-state index contributed by atoms with van der Waals surface area (Å²) in [4.78, 5) is 24.5. The monoisotopic (exact) mass is 532 g/mol. The van der Waals surface area contributed by atoms with Gasteiger partial charge >= 0.3 is 29.9 Å². The molecule has 0 aliphatic heterocycles. The van der Waals surface area contributed by atoms with Gasteiger partial charge in [-0.2, -0.15) is 34.8 Å². The first kappa shape index (κ1) is 28.9. The van der Waals surface area contributed by atoms with Crippen LogP contribution in [0.25, 0.3) is 0 Å². The second kappa shape index (κ2) is 10.8. The summed E-state index contributed by atoms with van der Waals surface area (Å²) in [5.74, 6) is -7.64. The Morgan fingerprint density at radius 2 is 1.31 bits per heavy atom. The van der Waals surface area contributed by atoms with Gasteiger partial charge in [0.1, 0.15) is 20.2 Å². The van der Waals surface area contributed by atoms with Crippen molar-refractivity contribution in [3.8, 4) is 0 Å². The van der Waals surface area contributed by atoms with Gasteiger partial charge in [-0.1, -0.05) is 36.1 Å². The van der Waals surface area contributed by atoms with Crippen molar-refractivity contribution in [3.63, 3.8) is 0 Å². The van der Waals surface area contributed by atoms with Gasteiger partial charge in [0.2, 0.25) is 0 Å². The third kappa shape index (κ3) is 7.35. The summed E-state index contributed by atoms with van der Waals surface area (Å²) in [5.41, 5.74) is -3.63. The Morgan fingerprint density at radius 3 is 1.71 bits per heavy atom. The number of hydrogen-bond acceptors (Lipinski definition) is 6. The molecule has 7 nitrogen and oxygen atoms in total. The van der Waals surface area contributed by atoms with E-state index in [1.807, 2.05) is 20.0 Å². The Bertz CT molecular complexity index is 986. The van der Waals surface area contributed by atoms with E-state index in [4.69, 9.17) is 9.29 Å². The highest BCUT2D eigenvalue weighted by Gasteiger charge is 2.76. The molecule has 0 radical (unpaired) electrons. The first-order valence-electron chi connectivity index (χ1n) is 10.5. The molecule has 2 rings (SSSR count). The van der Waals surface area contributed by atoms with E-state index in [-0.39, 0.29) is 32.3 Å². The topological polar surface area (TPSA) is 107 Å². The molecular weight excluding hydrogens is 509 g/mol. The van der Waals surface area contributed by atoms with Crippen molar-refractivity contribution in [2.75, 3.05) is 5.75 Å². The van der Waals surface area contributed by atoms with Crippen LogP contribution in [0.5, 0.6) is 0 Å². The maximum Gasteiger partial charge on any atom is 0.438 e. The molecule has 196 valence electrons. The quantitative estimate of drug-likeness (QED) is 0.238. The zero-order chi connectivity index (χ0) is 26.7. The van der Waals surface area contributed by atoms with Gasteiger partial charge in [-0.15, -0.1) is 0 Å². The average molecular weight is 532 g/mol. The minimum atomic E-state index is -6.38. The maximum absolute atomic E-state index is 13.3. The van der Waals surface area contributed by atoms with Crippen molar-refractivity contribution < 1.29 is 58.4 Å². The molecule has 1 N–H and O–H groups in total. The molecule has 35 heavy (non-hydrogen) atoms. The van der Waals surface area contributed by atoms with Gasteiger partial charge in [0.15, 0.2) is 0 Å². The summed E-state index contributed by atoms with van der Waals surface area (Å²) >= 11 is 0. The minimum Gasteiger partial charge on any atom is -0.461 e. The normalized spacial score (nSPS) is 19.7. The molecule has 0 spiro atoms. The molecular formula is C20H23BF6O7S. The van der Waals surface area contributed by atoms with E-state index in [2.05, 4.69) is 4.74 Å². The summed E-state index contributed by atoms with van der Waals surface area (Å²) in [6.07, 6.45) is -12.6. The Hall–Kier alpha value is -2.29. The predicted molar refractivity (Wildman–Crippen MR) is 111 cm³/mol. The minimum absolute atomic E-state index is 0.0277. The van der Waals surface area contributed by atoms with Gasteiger partial charge in [0.05, 0.1) is 11.8 Å². The number of alkyl halides is 6. The summed E-state index contributed by atoms with van der Waals surface area (Å²) in [5, 5.41) is 0. The average Bonchev–Trinajstić information content (AvgIpc) is 2.75. The SMILES string of the molecule is BCc1ccc(COC(=O)C2CCC(C(=O)OC(CS(=O)(=O)O)(C(F)(F)F)C(F)(F)F)CC2)cc1. The zero-order valence-corrected chi connectivity index (χ0v) is 19.3. The number of rotatable bonds is 8. The molecule has 0 bridgehead atoms. The van der Waals surface area contributed by atoms with E-state index >= 15 is 0 Å². The van der Waals surface area contributed by atoms with Crippen LogP contribution in [0, 0.1) is 11.8 Å². The van der Waals surface area contributed by atoms with Crippen LogP contribution in [0.15, 0.2) is 24.3 Å². The van der Waals surface area contributed by atoms with Crippen LogP contribution in [0.2, 0.25) is 0 Å². The van der Waals surface area contributed by atoms with Gasteiger partial charge in [-0.25, -0.2) is 0 Å². The molecule has 15 heteroatoms. The van der Waals surface area contributed by atoms with Crippen molar-refractivity contribution in [1.82, 2.24) is 0 Å². The van der Waals surface area contributed by atoms with E-state index in [1.165, 1.54) is 0 Å². The number of ether oxygens (including phenoxy) is 2. The smallest absolute Gasteiger partial charge is 0.438 e. The lowest BCUT2D eigenvalue weighted by molar-refractivity contribution is -0.362. The largest absolute Gasteiger partial charge is 0.461 e. The van der Waals surface area contributed by atoms with Crippen molar-refractivity contribution >= 4 is 29.9 Å². The number of carbonyl (C=O) groups is 2. The predicted octanol–water partition coefficient (Wildman–Crippen LogP) is 2.96. The molecule has 0 unspecified atom stereocenters. The summed E-state index contributed by atoms with van der Waals surface area (Å²) in [6.45, 7) is -0.0277. The second-order valence-corrected chi connectivity index (χ2v) is 9.75. The Balaban J connectivity index is 2.02. The molecule has 1 aliphatic carbocycles. The van der Waals surface area contributed by atoms with Crippen LogP contribution in [0.1, 0.15) is 36.8 Å². The van der Waals surface area contributed by atoms with E-state index in [9.17, 15) is 44.3 Å². The van der Waals surface area contributed by atoms with Crippen molar-refractivity contribution in [1.29, 1.82) is 0 Å². The van der Waals surface area contributed by atoms with Crippen LogP contribution in [0.4, 0.5) is 26.3 Å². The highest BCUT2D eigenvalue weighted by atomic mass is 32.2. The zero-order valence-electron chi connectivity index (χ0n) is 18.5. The highest BCUT2D eigenvalue weighted by Crippen LogP contribution is 2.47. The summed E-state index contributed by atoms with van der Waals surface area (Å²) in [6, 6.07) is 7.28. The lowest BCUT2D eigenvalue weighted by atomic mass is 9.82. The fourth-order valence-electron chi connectivity index (χ4n) is 3.69. The molecule has 1 aliphatic rings. The fourth-order valence-corrected chi connectivity index (χ4v) is 4.59. The molecule has 0 amide bonds. The Morgan fingerprint density at radius 1 is 0.886 bits per heavy atom. The number of hydrogen-bond donors (Lipinski definition) is 1. The maximum atomic E-state index is 13.3. The Labute approximate surface area is 198 Å². The third-order valence-electron chi connectivity index (χ3n) is 5.78. The van der Waals surface area contributed by atoms with Gasteiger partial charge in [0, 0.05) is 0 Å². The lowest BCUT2D eigenvalue weighted by Crippen LogP contribution is -2.63. The van der Waals surface area contributed by atoms with E-state index in [0.717, 1.165) is 17.4 Å². The summed E-state index contributed by atoms with van der Waals surface area (Å²) in [7, 11) is -3.88. The Kier molecular flexibility index (Phi) is 8.91. The number of esters is 2. The van der Waals surface area contributed by atoms with Crippen LogP contribution in [-0.2, 0) is 42.1 Å². The number of halogens is 6. The first-order valence-corrected chi connectivity index (χ1v) is 12.2. The van der Waals surface area contributed by atoms with Crippen LogP contribution in [-0.4, -0.2) is 56.5 Å². The highest BCUT2D eigenvalue weighted by molar-refractivity contribution is 7.85. The molecule has 1 aromatic carbocycles. The van der Waals surface area contributed by atoms with Gasteiger partial charge in [-0.3, -0.25) is 14.1 Å². The molecule has 0 aromatic heterocycles. The van der Waals surface area contributed by atoms with Crippen molar-refractivity contribution in [2.24, 2.45) is 11.8 Å². The van der Waals surface area contributed by atoms with Gasteiger partial charge in [0.25, 0.3) is 10.1 Å². The number of benzene rings is 1. The molecule has 0 heterocycles. The molecule has 0 atom stereocenters. The van der Waals surface area contributed by atoms with Crippen LogP contribution < -0.4 is 0 Å². The molecule has 1 fully saturated rings. The number of carbonyl (C=O) groups excluding carboxylic acids is 2. The third-order valence-corrected chi connectivity index (χ3v) is 6.55. The van der Waals surface area contributed by atoms with Crippen LogP contribution >= 0.6 is 0 Å². The van der Waals surface area contributed by atoms with Crippen molar-refractivity contribution in [3.05, 3.63) is 35.4 Å². The van der Waals surface area contributed by atoms with Crippen molar-refractivity contribution in [2.45, 2.75) is 56.6 Å². The summed E-state index contributed by atoms with van der Waals surface area (Å²) < 4.78 is 119. The first-order chi connectivity index (χ1) is 16.0. The molecule has 1 saturated carbocycles. The fraction of sp³-hybridized carbons (Fsp3) is 0.600. The van der Waals surface area contributed by atoms with E-state index < -0.39 is 57.6 Å². The molecule has 1 aromatic rings.